The van der Waals surface area contributed by atoms with Gasteiger partial charge in [0.15, 0.2) is 5.17 Å². The van der Waals surface area contributed by atoms with E-state index in [0.717, 1.165) is 19.4 Å². The molecule has 3 rings (SSSR count). The highest BCUT2D eigenvalue weighted by molar-refractivity contribution is 8.15. The van der Waals surface area contributed by atoms with Crippen LogP contribution in [0.25, 0.3) is 0 Å². The quantitative estimate of drug-likeness (QED) is 0.849. The number of benzene rings is 1. The minimum absolute atomic E-state index is 0.0345. The van der Waals surface area contributed by atoms with Gasteiger partial charge < -0.3 is 15.4 Å². The number of hydrogen-bond acceptors (Lipinski definition) is 5. The fraction of sp³-hybridized carbons (Fsp3) is 0.438. The molecule has 0 radical (unpaired) electrons. The minimum Gasteiger partial charge on any atom is -0.376 e. The first-order valence-electron chi connectivity index (χ1n) is 7.79. The third-order valence-corrected chi connectivity index (χ3v) is 4.86. The molecule has 2 aliphatic heterocycles. The number of carbonyl (C=O) groups is 2. The molecule has 24 heavy (non-hydrogen) atoms. The Hall–Kier alpha value is -1.93. The van der Waals surface area contributed by atoms with E-state index in [0.29, 0.717) is 17.4 Å². The maximum atomic E-state index is 12.8. The maximum Gasteiger partial charge on any atom is 0.240 e. The number of rotatable bonds is 5. The van der Waals surface area contributed by atoms with E-state index in [-0.39, 0.29) is 30.2 Å². The Labute approximate surface area is 143 Å². The summed E-state index contributed by atoms with van der Waals surface area (Å²) in [6, 6.07) is 5.48. The summed E-state index contributed by atoms with van der Waals surface area (Å²) in [6.45, 7) is 1.29. The van der Waals surface area contributed by atoms with Gasteiger partial charge in [0.2, 0.25) is 11.8 Å². The fourth-order valence-corrected chi connectivity index (χ4v) is 3.48. The Morgan fingerprint density at radius 2 is 2.21 bits per heavy atom. The Balaban J connectivity index is 1.49. The van der Waals surface area contributed by atoms with Crippen molar-refractivity contribution in [3.63, 3.8) is 0 Å². The smallest absolute Gasteiger partial charge is 0.240 e. The van der Waals surface area contributed by atoms with Crippen molar-refractivity contribution in [2.24, 2.45) is 4.99 Å². The number of amides is 2. The van der Waals surface area contributed by atoms with Gasteiger partial charge in [0.05, 0.1) is 12.6 Å². The first-order chi connectivity index (χ1) is 11.6. The van der Waals surface area contributed by atoms with Crippen molar-refractivity contribution in [3.8, 4) is 0 Å². The van der Waals surface area contributed by atoms with E-state index >= 15 is 0 Å². The first kappa shape index (κ1) is 16.9. The molecule has 0 aliphatic carbocycles. The van der Waals surface area contributed by atoms with Gasteiger partial charge in [-0.1, -0.05) is 11.8 Å². The van der Waals surface area contributed by atoms with Gasteiger partial charge in [-0.15, -0.1) is 0 Å². The molecule has 2 N–H and O–H groups in total. The van der Waals surface area contributed by atoms with Crippen molar-refractivity contribution in [1.82, 2.24) is 5.32 Å². The highest BCUT2D eigenvalue weighted by atomic mass is 32.2. The average molecular weight is 351 g/mol. The maximum absolute atomic E-state index is 12.8. The van der Waals surface area contributed by atoms with Crippen molar-refractivity contribution in [3.05, 3.63) is 30.1 Å². The number of amidine groups is 1. The molecule has 0 spiro atoms. The zero-order chi connectivity index (χ0) is 16.9. The van der Waals surface area contributed by atoms with Gasteiger partial charge in [-0.25, -0.2) is 4.39 Å². The lowest BCUT2D eigenvalue weighted by molar-refractivity contribution is -0.122. The molecule has 2 aliphatic rings. The largest absolute Gasteiger partial charge is 0.376 e. The molecule has 8 heteroatoms. The molecule has 2 saturated heterocycles. The summed E-state index contributed by atoms with van der Waals surface area (Å²) in [7, 11) is 0. The van der Waals surface area contributed by atoms with Crippen LogP contribution in [0.15, 0.2) is 29.3 Å². The zero-order valence-corrected chi connectivity index (χ0v) is 13.8. The van der Waals surface area contributed by atoms with E-state index in [9.17, 15) is 14.0 Å². The van der Waals surface area contributed by atoms with Crippen LogP contribution in [0.3, 0.4) is 0 Å². The summed E-state index contributed by atoms with van der Waals surface area (Å²) in [5.41, 5.74) is 0.497. The van der Waals surface area contributed by atoms with Crippen LogP contribution in [0, 0.1) is 5.82 Å². The van der Waals surface area contributed by atoms with Crippen molar-refractivity contribution in [2.45, 2.75) is 30.6 Å². The SMILES string of the molecule is O=C(C[C@@H]1SC(=NC[C@@H]2CCCO2)NC1=O)Nc1ccc(F)cc1. The summed E-state index contributed by atoms with van der Waals surface area (Å²) in [4.78, 5) is 28.3. The van der Waals surface area contributed by atoms with Gasteiger partial charge in [-0.3, -0.25) is 14.6 Å². The van der Waals surface area contributed by atoms with Gasteiger partial charge in [0.1, 0.15) is 11.1 Å². The van der Waals surface area contributed by atoms with Gasteiger partial charge in [0, 0.05) is 18.7 Å². The van der Waals surface area contributed by atoms with Gasteiger partial charge in [-0.05, 0) is 37.1 Å². The molecule has 0 saturated carbocycles. The summed E-state index contributed by atoms with van der Waals surface area (Å²) in [5, 5.41) is 5.37. The molecule has 1 aromatic rings. The van der Waals surface area contributed by atoms with Crippen molar-refractivity contribution < 1.29 is 18.7 Å². The Bertz CT molecular complexity index is 644. The summed E-state index contributed by atoms with van der Waals surface area (Å²) < 4.78 is 18.3. The van der Waals surface area contributed by atoms with Crippen molar-refractivity contribution >= 4 is 34.4 Å². The van der Waals surface area contributed by atoms with Gasteiger partial charge in [0.25, 0.3) is 0 Å². The summed E-state index contributed by atoms with van der Waals surface area (Å²) >= 11 is 1.26. The van der Waals surface area contributed by atoms with Crippen LogP contribution in [0.2, 0.25) is 0 Å². The molecule has 2 atom stereocenters. The van der Waals surface area contributed by atoms with Crippen LogP contribution < -0.4 is 10.6 Å². The molecule has 0 aromatic heterocycles. The molecule has 2 heterocycles. The molecule has 0 bridgehead atoms. The fourth-order valence-electron chi connectivity index (χ4n) is 2.50. The summed E-state index contributed by atoms with van der Waals surface area (Å²) in [5.74, 6) is -0.888. The molecule has 128 valence electrons. The van der Waals surface area contributed by atoms with E-state index in [1.807, 2.05) is 0 Å². The highest BCUT2D eigenvalue weighted by Gasteiger charge is 2.32. The third-order valence-electron chi connectivity index (χ3n) is 3.74. The van der Waals surface area contributed by atoms with Gasteiger partial charge >= 0.3 is 0 Å². The second-order valence-corrected chi connectivity index (χ2v) is 6.83. The molecular formula is C16H18FN3O3S. The number of nitrogens with one attached hydrogen (secondary N) is 2. The van der Waals surface area contributed by atoms with E-state index in [1.54, 1.807) is 0 Å². The lowest BCUT2D eigenvalue weighted by atomic mass is 10.2. The standard InChI is InChI=1S/C16H18FN3O3S/c17-10-3-5-11(6-4-10)19-14(21)8-13-15(22)20-16(24-13)18-9-12-2-1-7-23-12/h3-6,12-13H,1-2,7-9H2,(H,19,21)(H,18,20,22)/t12-,13-/m0/s1. The molecule has 2 amide bonds. The second-order valence-electron chi connectivity index (χ2n) is 5.64. The highest BCUT2D eigenvalue weighted by Crippen LogP contribution is 2.23. The number of halogens is 1. The van der Waals surface area contributed by atoms with Gasteiger partial charge in [-0.2, -0.15) is 0 Å². The van der Waals surface area contributed by atoms with Crippen LogP contribution >= 0.6 is 11.8 Å². The van der Waals surface area contributed by atoms with Crippen molar-refractivity contribution in [1.29, 1.82) is 0 Å². The zero-order valence-electron chi connectivity index (χ0n) is 13.0. The molecular weight excluding hydrogens is 333 g/mol. The lowest BCUT2D eigenvalue weighted by Crippen LogP contribution is -2.28. The Morgan fingerprint density at radius 3 is 2.92 bits per heavy atom. The predicted molar refractivity (Wildman–Crippen MR) is 90.4 cm³/mol. The van der Waals surface area contributed by atoms with E-state index in [1.165, 1.54) is 36.0 Å². The number of aliphatic imine (C=N–C) groups is 1. The van der Waals surface area contributed by atoms with Crippen LogP contribution in [0.5, 0.6) is 0 Å². The minimum atomic E-state index is -0.506. The topological polar surface area (TPSA) is 79.8 Å². The number of anilines is 1. The Kier molecular flexibility index (Phi) is 5.47. The third kappa shape index (κ3) is 4.55. The average Bonchev–Trinajstić information content (AvgIpc) is 3.18. The van der Waals surface area contributed by atoms with Crippen LogP contribution in [0.1, 0.15) is 19.3 Å². The van der Waals surface area contributed by atoms with E-state index in [2.05, 4.69) is 15.6 Å². The van der Waals surface area contributed by atoms with Crippen LogP contribution in [0.4, 0.5) is 10.1 Å². The van der Waals surface area contributed by atoms with Crippen LogP contribution in [-0.4, -0.2) is 41.5 Å². The first-order valence-corrected chi connectivity index (χ1v) is 8.67. The van der Waals surface area contributed by atoms with Crippen molar-refractivity contribution in [2.75, 3.05) is 18.5 Å². The van der Waals surface area contributed by atoms with E-state index < -0.39 is 5.25 Å². The Morgan fingerprint density at radius 1 is 1.42 bits per heavy atom. The number of ether oxygens (including phenoxy) is 1. The van der Waals surface area contributed by atoms with Crippen LogP contribution in [-0.2, 0) is 14.3 Å². The lowest BCUT2D eigenvalue weighted by Gasteiger charge is -2.07. The number of hydrogen-bond donors (Lipinski definition) is 2. The number of thioether (sulfide) groups is 1. The monoisotopic (exact) mass is 351 g/mol. The number of nitrogens with zero attached hydrogens (tertiary/aromatic N) is 1. The second kappa shape index (κ2) is 7.76. The van der Waals surface area contributed by atoms with E-state index in [4.69, 9.17) is 4.74 Å². The molecule has 6 nitrogen and oxygen atoms in total. The normalized spacial score (nSPS) is 25.0. The summed E-state index contributed by atoms with van der Waals surface area (Å²) in [6.07, 6.45) is 2.18. The molecule has 2 fully saturated rings. The molecule has 1 aromatic carbocycles. The number of carbonyl (C=O) groups excluding carboxylic acids is 2. The molecule has 0 unspecified atom stereocenters. The predicted octanol–water partition coefficient (Wildman–Crippen LogP) is 1.92.